The van der Waals surface area contributed by atoms with E-state index in [0.717, 1.165) is 24.2 Å². The van der Waals surface area contributed by atoms with Crippen molar-refractivity contribution in [2.45, 2.75) is 25.3 Å². The molecule has 2 aliphatic rings. The molecule has 25 heavy (non-hydrogen) atoms. The predicted octanol–water partition coefficient (Wildman–Crippen LogP) is 1.14. The highest BCUT2D eigenvalue weighted by Crippen LogP contribution is 2.25. The number of nitrogens with one attached hydrogen (secondary N) is 2. The Balaban J connectivity index is 0.00000225. The van der Waals surface area contributed by atoms with E-state index < -0.39 is 18.9 Å². The minimum atomic E-state index is -4.03. The highest BCUT2D eigenvalue weighted by Gasteiger charge is 2.43. The molecule has 0 aliphatic carbocycles. The number of rotatable bonds is 4. The van der Waals surface area contributed by atoms with Gasteiger partial charge in [0.25, 0.3) is 5.91 Å². The van der Waals surface area contributed by atoms with Gasteiger partial charge in [-0.25, -0.2) is 8.78 Å². The summed E-state index contributed by atoms with van der Waals surface area (Å²) in [6, 6.07) is 0. The van der Waals surface area contributed by atoms with E-state index in [9.17, 15) is 22.4 Å². The first kappa shape index (κ1) is 19.9. The smallest absolute Gasteiger partial charge is 0.319 e. The van der Waals surface area contributed by atoms with Gasteiger partial charge >= 0.3 is 12.3 Å². The van der Waals surface area contributed by atoms with Crippen LogP contribution in [0.2, 0.25) is 0 Å². The fraction of sp³-hybridized carbons (Fsp3) is 0.714. The lowest BCUT2D eigenvalue weighted by molar-refractivity contribution is -0.144. The van der Waals surface area contributed by atoms with Crippen LogP contribution in [0.1, 0.15) is 21.7 Å². The normalized spacial score (nSPS) is 18.8. The number of carbonyl (C=O) groups excluding carboxylic acids is 1. The molecule has 2 N–H and O–H groups in total. The third kappa shape index (κ3) is 4.24. The van der Waals surface area contributed by atoms with E-state index in [4.69, 9.17) is 0 Å². The number of halogens is 5. The molecule has 0 bridgehead atoms. The summed E-state index contributed by atoms with van der Waals surface area (Å²) in [4.78, 5) is 15.4. The zero-order valence-electron chi connectivity index (χ0n) is 13.4. The molecule has 2 aliphatic heterocycles. The molecule has 0 radical (unpaired) electrons. The first-order valence-corrected chi connectivity index (χ1v) is 7.83. The Hall–Kier alpha value is -1.39. The molecule has 1 amide bonds. The number of carbonyl (C=O) groups is 1. The zero-order valence-corrected chi connectivity index (χ0v) is 14.2. The molecule has 3 rings (SSSR count). The van der Waals surface area contributed by atoms with Crippen molar-refractivity contribution in [3.8, 4) is 0 Å². The molecule has 1 aromatic heterocycles. The van der Waals surface area contributed by atoms with Crippen molar-refractivity contribution in [2.24, 2.45) is 0 Å². The minimum Gasteiger partial charge on any atom is -0.335 e. The quantitative estimate of drug-likeness (QED) is 0.763. The van der Waals surface area contributed by atoms with Gasteiger partial charge in [0.15, 0.2) is 5.69 Å². The van der Waals surface area contributed by atoms with Gasteiger partial charge in [-0.1, -0.05) is 0 Å². The first-order chi connectivity index (χ1) is 11.4. The van der Waals surface area contributed by atoms with Gasteiger partial charge in [-0.3, -0.25) is 14.8 Å². The predicted molar refractivity (Wildman–Crippen MR) is 84.5 cm³/mol. The second-order valence-electron chi connectivity index (χ2n) is 6.09. The summed E-state index contributed by atoms with van der Waals surface area (Å²) in [5.41, 5.74) is 2.13. The van der Waals surface area contributed by atoms with Crippen LogP contribution in [0.5, 0.6) is 0 Å². The van der Waals surface area contributed by atoms with Crippen LogP contribution in [-0.2, 0) is 13.0 Å². The van der Waals surface area contributed by atoms with Crippen molar-refractivity contribution in [3.05, 3.63) is 17.0 Å². The van der Waals surface area contributed by atoms with Crippen LogP contribution in [0.3, 0.4) is 0 Å². The molecule has 0 spiro atoms. The fourth-order valence-electron chi connectivity index (χ4n) is 3.03. The third-order valence-corrected chi connectivity index (χ3v) is 4.42. The maximum Gasteiger partial charge on any atom is 0.319 e. The molecule has 1 fully saturated rings. The van der Waals surface area contributed by atoms with E-state index in [1.165, 1.54) is 9.80 Å². The number of nitrogens with zero attached hydrogens (tertiary/aromatic N) is 3. The molecule has 6 nitrogen and oxygen atoms in total. The number of alkyl halides is 4. The van der Waals surface area contributed by atoms with Gasteiger partial charge in [0.2, 0.25) is 0 Å². The number of aromatic nitrogens is 2. The molecule has 0 aromatic carbocycles. The molecule has 3 heterocycles. The van der Waals surface area contributed by atoms with Gasteiger partial charge in [-0.05, 0) is 0 Å². The van der Waals surface area contributed by atoms with Crippen LogP contribution in [0.4, 0.5) is 17.6 Å². The van der Waals surface area contributed by atoms with Gasteiger partial charge < -0.3 is 10.2 Å². The molecular weight excluding hydrogens is 366 g/mol. The zero-order chi connectivity index (χ0) is 17.3. The SMILES string of the molecule is Cl.O=C(c1n[nH]c2c1CNCC2)N1CCN(CC(F)(F)C(F)F)CC1. The van der Waals surface area contributed by atoms with E-state index in [1.54, 1.807) is 0 Å². The minimum absolute atomic E-state index is 0. The maximum absolute atomic E-state index is 13.1. The van der Waals surface area contributed by atoms with Crippen LogP contribution in [-0.4, -0.2) is 77.5 Å². The summed E-state index contributed by atoms with van der Waals surface area (Å²) in [6.07, 6.45) is -2.91. The van der Waals surface area contributed by atoms with Crippen LogP contribution in [0, 0.1) is 0 Å². The molecular formula is C14H20ClF4N5O. The Kier molecular flexibility index (Phi) is 6.28. The Bertz CT molecular complexity index is 604. The molecule has 142 valence electrons. The number of piperazine rings is 1. The van der Waals surface area contributed by atoms with Crippen LogP contribution < -0.4 is 5.32 Å². The average Bonchev–Trinajstić information content (AvgIpc) is 2.98. The highest BCUT2D eigenvalue weighted by atomic mass is 35.5. The van der Waals surface area contributed by atoms with E-state index >= 15 is 0 Å². The van der Waals surface area contributed by atoms with E-state index in [-0.39, 0.29) is 44.5 Å². The second-order valence-corrected chi connectivity index (χ2v) is 6.09. The van der Waals surface area contributed by atoms with E-state index in [2.05, 4.69) is 15.5 Å². The average molecular weight is 386 g/mol. The standard InChI is InChI=1S/C14H19F4N5O.ClH/c15-13(16)14(17,18)8-22-3-5-23(6-4-22)12(24)11-9-7-19-2-1-10(9)20-21-11;/h13,19H,1-8H2,(H,20,21);1H. The van der Waals surface area contributed by atoms with Gasteiger partial charge in [-0.2, -0.15) is 13.9 Å². The van der Waals surface area contributed by atoms with Crippen LogP contribution in [0.15, 0.2) is 0 Å². The number of amides is 1. The van der Waals surface area contributed by atoms with E-state index in [0.29, 0.717) is 12.2 Å². The van der Waals surface area contributed by atoms with Gasteiger partial charge in [-0.15, -0.1) is 12.4 Å². The van der Waals surface area contributed by atoms with Crippen molar-refractivity contribution < 1.29 is 22.4 Å². The lowest BCUT2D eigenvalue weighted by Gasteiger charge is -2.36. The molecule has 0 atom stereocenters. The van der Waals surface area contributed by atoms with Crippen LogP contribution in [0.25, 0.3) is 0 Å². The van der Waals surface area contributed by atoms with Crippen molar-refractivity contribution >= 4 is 18.3 Å². The Labute approximate surface area is 148 Å². The summed E-state index contributed by atoms with van der Waals surface area (Å²) < 4.78 is 50.7. The lowest BCUT2D eigenvalue weighted by Crippen LogP contribution is -2.52. The van der Waals surface area contributed by atoms with Gasteiger partial charge in [0.05, 0.1) is 6.54 Å². The molecule has 0 unspecified atom stereocenters. The Morgan fingerprint density at radius 2 is 1.92 bits per heavy atom. The Morgan fingerprint density at radius 3 is 2.56 bits per heavy atom. The van der Waals surface area contributed by atoms with Gasteiger partial charge in [0, 0.05) is 56.9 Å². The van der Waals surface area contributed by atoms with Crippen molar-refractivity contribution in [3.63, 3.8) is 0 Å². The molecule has 1 saturated heterocycles. The lowest BCUT2D eigenvalue weighted by atomic mass is 10.1. The highest BCUT2D eigenvalue weighted by molar-refractivity contribution is 5.94. The topological polar surface area (TPSA) is 64.3 Å². The summed E-state index contributed by atoms with van der Waals surface area (Å²) in [5, 5.41) is 10.1. The molecule has 1 aromatic rings. The van der Waals surface area contributed by atoms with Crippen molar-refractivity contribution in [1.29, 1.82) is 0 Å². The number of fused-ring (bicyclic) bond motifs is 1. The Morgan fingerprint density at radius 1 is 1.24 bits per heavy atom. The maximum atomic E-state index is 13.1. The number of aromatic amines is 1. The number of H-pyrrole nitrogens is 1. The first-order valence-electron chi connectivity index (χ1n) is 7.83. The largest absolute Gasteiger partial charge is 0.335 e. The monoisotopic (exact) mass is 385 g/mol. The number of hydrogen-bond donors (Lipinski definition) is 2. The third-order valence-electron chi connectivity index (χ3n) is 4.42. The fourth-order valence-corrected chi connectivity index (χ4v) is 3.03. The van der Waals surface area contributed by atoms with Crippen LogP contribution >= 0.6 is 12.4 Å². The second kappa shape index (κ2) is 7.88. The molecule has 0 saturated carbocycles. The summed E-state index contributed by atoms with van der Waals surface area (Å²) in [7, 11) is 0. The summed E-state index contributed by atoms with van der Waals surface area (Å²) in [5.74, 6) is -4.28. The van der Waals surface area contributed by atoms with E-state index in [1.807, 2.05) is 0 Å². The summed E-state index contributed by atoms with van der Waals surface area (Å²) in [6.45, 7) is 1.10. The van der Waals surface area contributed by atoms with Gasteiger partial charge in [0.1, 0.15) is 0 Å². The summed E-state index contributed by atoms with van der Waals surface area (Å²) >= 11 is 0. The van der Waals surface area contributed by atoms with Crippen molar-refractivity contribution in [2.75, 3.05) is 39.3 Å². The number of hydrogen-bond acceptors (Lipinski definition) is 4. The molecule has 11 heteroatoms. The van der Waals surface area contributed by atoms with Crippen molar-refractivity contribution in [1.82, 2.24) is 25.3 Å².